The summed E-state index contributed by atoms with van der Waals surface area (Å²) in [4.78, 5) is 26.0. The van der Waals surface area contributed by atoms with Crippen LogP contribution in [0.15, 0.2) is 48.5 Å². The summed E-state index contributed by atoms with van der Waals surface area (Å²) in [5, 5.41) is 0. The Hall–Kier alpha value is -2.62. The summed E-state index contributed by atoms with van der Waals surface area (Å²) in [5.41, 5.74) is 1.86. The Morgan fingerprint density at radius 2 is 1.48 bits per heavy atom. The maximum atomic E-state index is 12.3. The Bertz CT molecular complexity index is 700. The van der Waals surface area contributed by atoms with Crippen molar-refractivity contribution < 1.29 is 14.3 Å². The molecule has 4 nitrogen and oxygen atoms in total. The zero-order chi connectivity index (χ0) is 16.4. The molecule has 2 amide bonds. The lowest BCUT2D eigenvalue weighted by Gasteiger charge is -2.14. The van der Waals surface area contributed by atoms with Crippen LogP contribution in [0, 0.1) is 5.92 Å². The number of nitrogens with zero attached hydrogens (tertiary/aromatic N) is 1. The van der Waals surface area contributed by atoms with E-state index in [-0.39, 0.29) is 18.4 Å². The highest BCUT2D eigenvalue weighted by Crippen LogP contribution is 2.24. The summed E-state index contributed by atoms with van der Waals surface area (Å²) >= 11 is 0. The molecule has 0 aliphatic carbocycles. The number of carbonyl (C=O) groups is 2. The lowest BCUT2D eigenvalue weighted by atomic mass is 10.1. The summed E-state index contributed by atoms with van der Waals surface area (Å²) in [5.74, 6) is 0.800. The van der Waals surface area contributed by atoms with E-state index in [4.69, 9.17) is 4.74 Å². The first-order chi connectivity index (χ1) is 11.1. The minimum atomic E-state index is -0.231. The summed E-state index contributed by atoms with van der Waals surface area (Å²) in [6, 6.07) is 14.4. The number of fused-ring (bicyclic) bond motifs is 1. The second-order valence-electron chi connectivity index (χ2n) is 6.09. The minimum Gasteiger partial charge on any atom is -0.493 e. The van der Waals surface area contributed by atoms with Crippen molar-refractivity contribution in [1.82, 2.24) is 4.90 Å². The number of carbonyl (C=O) groups excluding carboxylic acids is 2. The summed E-state index contributed by atoms with van der Waals surface area (Å²) in [6.07, 6.45) is 0. The van der Waals surface area contributed by atoms with Gasteiger partial charge in [0.15, 0.2) is 0 Å². The lowest BCUT2D eigenvalue weighted by Crippen LogP contribution is -2.29. The van der Waals surface area contributed by atoms with Crippen LogP contribution in [-0.2, 0) is 6.54 Å². The molecule has 0 radical (unpaired) electrons. The van der Waals surface area contributed by atoms with Crippen molar-refractivity contribution in [3.05, 3.63) is 65.2 Å². The van der Waals surface area contributed by atoms with E-state index in [1.165, 1.54) is 4.90 Å². The topological polar surface area (TPSA) is 46.6 Å². The van der Waals surface area contributed by atoms with E-state index in [2.05, 4.69) is 13.8 Å². The van der Waals surface area contributed by atoms with Gasteiger partial charge in [-0.25, -0.2) is 0 Å². The van der Waals surface area contributed by atoms with E-state index in [0.717, 1.165) is 11.3 Å². The van der Waals surface area contributed by atoms with Crippen molar-refractivity contribution in [3.8, 4) is 5.75 Å². The molecular weight excluding hydrogens is 290 g/mol. The maximum absolute atomic E-state index is 12.3. The molecular formula is C19H19NO3. The lowest BCUT2D eigenvalue weighted by molar-refractivity contribution is 0.0642. The smallest absolute Gasteiger partial charge is 0.261 e. The van der Waals surface area contributed by atoms with Gasteiger partial charge in [-0.15, -0.1) is 0 Å². The van der Waals surface area contributed by atoms with Crippen molar-refractivity contribution in [1.29, 1.82) is 0 Å². The van der Waals surface area contributed by atoms with Crippen LogP contribution in [0.1, 0.15) is 40.1 Å². The van der Waals surface area contributed by atoms with Crippen molar-refractivity contribution in [2.75, 3.05) is 6.61 Å². The van der Waals surface area contributed by atoms with Gasteiger partial charge in [-0.1, -0.05) is 38.1 Å². The summed E-state index contributed by atoms with van der Waals surface area (Å²) in [7, 11) is 0. The molecule has 0 bridgehead atoms. The molecule has 2 aromatic rings. The number of imide groups is 1. The van der Waals surface area contributed by atoms with Gasteiger partial charge in [0.2, 0.25) is 0 Å². The normalized spacial score (nSPS) is 13.6. The summed E-state index contributed by atoms with van der Waals surface area (Å²) in [6.45, 7) is 5.13. The number of hydrogen-bond acceptors (Lipinski definition) is 3. The number of rotatable bonds is 5. The van der Waals surface area contributed by atoms with Crippen LogP contribution in [0.2, 0.25) is 0 Å². The SMILES string of the molecule is CC(C)COc1ccc(CN2C(=O)c3ccccc3C2=O)cc1. The number of amides is 2. The molecule has 3 rings (SSSR count). The van der Waals surface area contributed by atoms with E-state index >= 15 is 0 Å². The third kappa shape index (κ3) is 3.11. The van der Waals surface area contributed by atoms with Crippen LogP contribution < -0.4 is 4.74 Å². The monoisotopic (exact) mass is 309 g/mol. The van der Waals surface area contributed by atoms with E-state index in [0.29, 0.717) is 23.7 Å². The second-order valence-corrected chi connectivity index (χ2v) is 6.09. The molecule has 1 aliphatic rings. The van der Waals surface area contributed by atoms with Gasteiger partial charge in [0.25, 0.3) is 11.8 Å². The third-order valence-electron chi connectivity index (χ3n) is 3.73. The predicted molar refractivity (Wildman–Crippen MR) is 87.4 cm³/mol. The first kappa shape index (κ1) is 15.3. The molecule has 0 saturated carbocycles. The van der Waals surface area contributed by atoms with Crippen LogP contribution in [-0.4, -0.2) is 23.3 Å². The molecule has 0 atom stereocenters. The fourth-order valence-corrected chi connectivity index (χ4v) is 2.52. The average Bonchev–Trinajstić information content (AvgIpc) is 2.80. The molecule has 118 valence electrons. The average molecular weight is 309 g/mol. The molecule has 0 N–H and O–H groups in total. The fraction of sp³-hybridized carbons (Fsp3) is 0.263. The van der Waals surface area contributed by atoms with Crippen LogP contribution in [0.4, 0.5) is 0 Å². The third-order valence-corrected chi connectivity index (χ3v) is 3.73. The van der Waals surface area contributed by atoms with Crippen molar-refractivity contribution in [3.63, 3.8) is 0 Å². The van der Waals surface area contributed by atoms with Gasteiger partial charge in [0.05, 0.1) is 24.3 Å². The maximum Gasteiger partial charge on any atom is 0.261 e. The van der Waals surface area contributed by atoms with Gasteiger partial charge < -0.3 is 4.74 Å². The van der Waals surface area contributed by atoms with Crippen molar-refractivity contribution in [2.45, 2.75) is 20.4 Å². The second kappa shape index (κ2) is 6.24. The van der Waals surface area contributed by atoms with Crippen LogP contribution in [0.25, 0.3) is 0 Å². The molecule has 0 saturated heterocycles. The Balaban J connectivity index is 1.71. The molecule has 0 spiro atoms. The van der Waals surface area contributed by atoms with Crippen LogP contribution in [0.5, 0.6) is 5.75 Å². The van der Waals surface area contributed by atoms with Gasteiger partial charge in [-0.05, 0) is 35.7 Å². The van der Waals surface area contributed by atoms with Gasteiger partial charge in [-0.2, -0.15) is 0 Å². The first-order valence-electron chi connectivity index (χ1n) is 7.73. The molecule has 4 heteroatoms. The predicted octanol–water partition coefficient (Wildman–Crippen LogP) is 3.52. The largest absolute Gasteiger partial charge is 0.493 e. The van der Waals surface area contributed by atoms with Crippen molar-refractivity contribution >= 4 is 11.8 Å². The molecule has 2 aromatic carbocycles. The van der Waals surface area contributed by atoms with E-state index in [1.54, 1.807) is 24.3 Å². The van der Waals surface area contributed by atoms with Gasteiger partial charge in [0, 0.05) is 0 Å². The Morgan fingerprint density at radius 1 is 0.913 bits per heavy atom. The van der Waals surface area contributed by atoms with Crippen LogP contribution >= 0.6 is 0 Å². The van der Waals surface area contributed by atoms with Gasteiger partial charge >= 0.3 is 0 Å². The van der Waals surface area contributed by atoms with Crippen LogP contribution in [0.3, 0.4) is 0 Å². The zero-order valence-electron chi connectivity index (χ0n) is 13.3. The molecule has 1 heterocycles. The van der Waals surface area contributed by atoms with E-state index in [9.17, 15) is 9.59 Å². The number of benzene rings is 2. The van der Waals surface area contributed by atoms with Gasteiger partial charge in [0.1, 0.15) is 5.75 Å². The van der Waals surface area contributed by atoms with Gasteiger partial charge in [-0.3, -0.25) is 14.5 Å². The highest BCUT2D eigenvalue weighted by molar-refractivity contribution is 6.21. The number of hydrogen-bond donors (Lipinski definition) is 0. The quantitative estimate of drug-likeness (QED) is 0.794. The van der Waals surface area contributed by atoms with Crippen molar-refractivity contribution in [2.24, 2.45) is 5.92 Å². The number of ether oxygens (including phenoxy) is 1. The Morgan fingerprint density at radius 3 is 2.00 bits per heavy atom. The molecule has 1 aliphatic heterocycles. The summed E-state index contributed by atoms with van der Waals surface area (Å²) < 4.78 is 5.64. The standard InChI is InChI=1S/C19H19NO3/c1-13(2)12-23-15-9-7-14(8-10-15)11-20-18(21)16-5-3-4-6-17(16)19(20)22/h3-10,13H,11-12H2,1-2H3. The van der Waals surface area contributed by atoms with E-state index < -0.39 is 0 Å². The molecule has 0 fully saturated rings. The Labute approximate surface area is 135 Å². The van der Waals surface area contributed by atoms with E-state index in [1.807, 2.05) is 24.3 Å². The highest BCUT2D eigenvalue weighted by Gasteiger charge is 2.34. The Kier molecular flexibility index (Phi) is 4.15. The minimum absolute atomic E-state index is 0.231. The molecule has 0 unspecified atom stereocenters. The highest BCUT2D eigenvalue weighted by atomic mass is 16.5. The fourth-order valence-electron chi connectivity index (χ4n) is 2.52. The molecule has 23 heavy (non-hydrogen) atoms. The zero-order valence-corrected chi connectivity index (χ0v) is 13.3. The molecule has 0 aromatic heterocycles. The first-order valence-corrected chi connectivity index (χ1v) is 7.73.